The average Bonchev–Trinajstić information content (AvgIpc) is 2.71. The Kier molecular flexibility index (Phi) is 6.59. The molecule has 0 radical (unpaired) electrons. The highest BCUT2D eigenvalue weighted by Gasteiger charge is 2.43. The van der Waals surface area contributed by atoms with Crippen LogP contribution in [0.2, 0.25) is 0 Å². The molecule has 2 atom stereocenters. The van der Waals surface area contributed by atoms with Crippen LogP contribution >= 0.6 is 0 Å². The lowest BCUT2D eigenvalue weighted by Crippen LogP contribution is -2.45. The number of ketones is 1. The molecule has 3 rings (SSSR count). The van der Waals surface area contributed by atoms with Crippen LogP contribution in [-0.2, 0) is 6.42 Å². The van der Waals surface area contributed by atoms with Crippen molar-refractivity contribution in [1.29, 1.82) is 0 Å². The highest BCUT2D eigenvalue weighted by atomic mass is 16.5. The molecule has 0 fully saturated rings. The number of phenolic OH excluding ortho intramolecular Hbond substituents is 2. The Labute approximate surface area is 187 Å². The van der Waals surface area contributed by atoms with Gasteiger partial charge in [0, 0.05) is 29.9 Å². The second-order valence-electron chi connectivity index (χ2n) is 10.4. The van der Waals surface area contributed by atoms with E-state index in [1.165, 1.54) is 5.57 Å². The van der Waals surface area contributed by atoms with E-state index in [0.717, 1.165) is 25.7 Å². The van der Waals surface area contributed by atoms with Crippen LogP contribution in [0.15, 0.2) is 23.8 Å². The van der Waals surface area contributed by atoms with Crippen molar-refractivity contribution in [2.24, 2.45) is 11.3 Å². The minimum atomic E-state index is -0.442. The van der Waals surface area contributed by atoms with Crippen LogP contribution in [0.4, 0.5) is 0 Å². The van der Waals surface area contributed by atoms with Gasteiger partial charge in [-0.1, -0.05) is 44.6 Å². The summed E-state index contributed by atoms with van der Waals surface area (Å²) in [5.74, 6) is 0.263. The van der Waals surface area contributed by atoms with E-state index in [4.69, 9.17) is 4.74 Å². The topological polar surface area (TPSA) is 66.8 Å². The van der Waals surface area contributed by atoms with Crippen molar-refractivity contribution in [3.05, 3.63) is 40.5 Å². The fourth-order valence-electron chi connectivity index (χ4n) is 4.85. The predicted octanol–water partition coefficient (Wildman–Crippen LogP) is 6.80. The van der Waals surface area contributed by atoms with Crippen molar-refractivity contribution in [2.45, 2.75) is 92.1 Å². The number of carbonyl (C=O) groups is 1. The second-order valence-corrected chi connectivity index (χ2v) is 10.4. The van der Waals surface area contributed by atoms with Crippen molar-refractivity contribution in [3.8, 4) is 17.2 Å². The summed E-state index contributed by atoms with van der Waals surface area (Å²) < 4.78 is 6.58. The summed E-state index contributed by atoms with van der Waals surface area (Å²) >= 11 is 0. The molecular formula is C27H38O4. The minimum absolute atomic E-state index is 0.0553. The van der Waals surface area contributed by atoms with E-state index >= 15 is 0 Å². The third-order valence-electron chi connectivity index (χ3n) is 7.09. The normalized spacial score (nSPS) is 28.2. The van der Waals surface area contributed by atoms with Crippen molar-refractivity contribution in [1.82, 2.24) is 0 Å². The Hall–Kier alpha value is -2.23. The lowest BCUT2D eigenvalue weighted by atomic mass is 9.75. The molecule has 1 aromatic carbocycles. The lowest BCUT2D eigenvalue weighted by Gasteiger charge is -2.43. The maximum absolute atomic E-state index is 12.6. The van der Waals surface area contributed by atoms with E-state index in [2.05, 4.69) is 45.9 Å². The van der Waals surface area contributed by atoms with Gasteiger partial charge in [-0.2, -0.15) is 0 Å². The zero-order chi connectivity index (χ0) is 23.0. The molecule has 1 heterocycles. The number of carbonyl (C=O) groups excluding carboxylic acids is 1. The van der Waals surface area contributed by atoms with Crippen molar-refractivity contribution >= 4 is 5.78 Å². The molecule has 4 nitrogen and oxygen atoms in total. The number of allylic oxidation sites excluding steroid dienone is 3. The Morgan fingerprint density at radius 2 is 1.87 bits per heavy atom. The fraction of sp³-hybridized carbons (Fsp3) is 0.593. The van der Waals surface area contributed by atoms with Crippen LogP contribution in [0.25, 0.3) is 0 Å². The molecule has 1 aliphatic heterocycles. The largest absolute Gasteiger partial charge is 0.507 e. The number of benzene rings is 1. The van der Waals surface area contributed by atoms with Crippen LogP contribution in [0, 0.1) is 18.3 Å². The molecule has 0 saturated heterocycles. The van der Waals surface area contributed by atoms with Gasteiger partial charge in [0.2, 0.25) is 0 Å². The number of aromatic hydroxyl groups is 2. The molecule has 0 bridgehead atoms. The molecule has 0 spiro atoms. The van der Waals surface area contributed by atoms with Gasteiger partial charge < -0.3 is 14.9 Å². The van der Waals surface area contributed by atoms with Gasteiger partial charge in [0.1, 0.15) is 28.4 Å². The molecule has 0 aromatic heterocycles. The van der Waals surface area contributed by atoms with Crippen molar-refractivity contribution in [3.63, 3.8) is 0 Å². The zero-order valence-electron chi connectivity index (χ0n) is 20.0. The summed E-state index contributed by atoms with van der Waals surface area (Å²) in [7, 11) is 0. The van der Waals surface area contributed by atoms with E-state index in [1.807, 2.05) is 6.92 Å². The van der Waals surface area contributed by atoms with E-state index in [-0.39, 0.29) is 34.2 Å². The molecule has 0 amide bonds. The number of phenols is 2. The standard InChI is InChI=1S/C27H38O4/c1-7-9-21(28)22-23(29)18(3)25-20(24(22)30)16-19-11-10-17(2)12-15-26(4,5)13-8-14-27(19,6)31-25/h8,12-13,19,29-30H,7,9-11,14-16H2,1-6H3/b13-8-,17-12+/t19-,27+/m1/s1. The highest BCUT2D eigenvalue weighted by molar-refractivity contribution is 6.02. The van der Waals surface area contributed by atoms with E-state index in [1.54, 1.807) is 6.92 Å². The monoisotopic (exact) mass is 426 g/mol. The number of rotatable bonds is 3. The second kappa shape index (κ2) is 8.72. The molecule has 1 aromatic rings. The van der Waals surface area contributed by atoms with Crippen molar-refractivity contribution in [2.75, 3.05) is 0 Å². The van der Waals surface area contributed by atoms with Gasteiger partial charge in [0.15, 0.2) is 5.78 Å². The van der Waals surface area contributed by atoms with E-state index < -0.39 is 5.60 Å². The summed E-state index contributed by atoms with van der Waals surface area (Å²) in [4.78, 5) is 12.6. The van der Waals surface area contributed by atoms with Crippen LogP contribution in [-0.4, -0.2) is 21.6 Å². The number of hydrogen-bond acceptors (Lipinski definition) is 4. The summed E-state index contributed by atoms with van der Waals surface area (Å²) in [5, 5.41) is 21.8. The smallest absolute Gasteiger partial charge is 0.170 e. The summed E-state index contributed by atoms with van der Waals surface area (Å²) in [6.45, 7) is 12.5. The first-order chi connectivity index (χ1) is 14.5. The molecule has 170 valence electrons. The van der Waals surface area contributed by atoms with Crippen LogP contribution in [0.1, 0.15) is 94.6 Å². The van der Waals surface area contributed by atoms with Gasteiger partial charge in [-0.3, -0.25) is 4.79 Å². The molecule has 1 aliphatic carbocycles. The molecule has 2 N–H and O–H groups in total. The van der Waals surface area contributed by atoms with Gasteiger partial charge in [-0.15, -0.1) is 0 Å². The third-order valence-corrected chi connectivity index (χ3v) is 7.09. The summed E-state index contributed by atoms with van der Waals surface area (Å²) in [5.41, 5.74) is 2.29. The molecule has 2 aliphatic rings. The molecule has 4 heteroatoms. The highest BCUT2D eigenvalue weighted by Crippen LogP contribution is 2.51. The van der Waals surface area contributed by atoms with Gasteiger partial charge in [0.05, 0.1) is 0 Å². The number of Topliss-reactive ketones (excluding diaryl/α,β-unsaturated/α-hetero) is 1. The molecule has 0 saturated carbocycles. The minimum Gasteiger partial charge on any atom is -0.507 e. The zero-order valence-corrected chi connectivity index (χ0v) is 20.0. The molecular weight excluding hydrogens is 388 g/mol. The van der Waals surface area contributed by atoms with Gasteiger partial charge in [-0.25, -0.2) is 0 Å². The SMILES string of the molecule is CCCC(=O)c1c(O)c(C)c2c(c1O)C[C@H]1CC/C(C)=C/CC(C)(C)/C=C\C[C@]1(C)O2. The van der Waals surface area contributed by atoms with Gasteiger partial charge in [0.25, 0.3) is 0 Å². The first-order valence-corrected chi connectivity index (χ1v) is 11.6. The predicted molar refractivity (Wildman–Crippen MR) is 125 cm³/mol. The van der Waals surface area contributed by atoms with E-state index in [9.17, 15) is 15.0 Å². The fourth-order valence-corrected chi connectivity index (χ4v) is 4.85. The first-order valence-electron chi connectivity index (χ1n) is 11.6. The Morgan fingerprint density at radius 3 is 2.55 bits per heavy atom. The number of ether oxygens (including phenoxy) is 1. The summed E-state index contributed by atoms with van der Waals surface area (Å²) in [6.07, 6.45) is 12.1. The number of fused-ring (bicyclic) bond motifs is 2. The average molecular weight is 427 g/mol. The van der Waals surface area contributed by atoms with Gasteiger partial charge in [-0.05, 0) is 58.3 Å². The van der Waals surface area contributed by atoms with Gasteiger partial charge >= 0.3 is 0 Å². The molecule has 31 heavy (non-hydrogen) atoms. The maximum Gasteiger partial charge on any atom is 0.170 e. The molecule has 0 unspecified atom stereocenters. The van der Waals surface area contributed by atoms with Crippen LogP contribution in [0.5, 0.6) is 17.2 Å². The maximum atomic E-state index is 12.6. The van der Waals surface area contributed by atoms with Crippen molar-refractivity contribution < 1.29 is 19.7 Å². The quantitative estimate of drug-likeness (QED) is 0.412. The Balaban J connectivity index is 2.08. The number of hydrogen-bond donors (Lipinski definition) is 2. The van der Waals surface area contributed by atoms with Crippen LogP contribution < -0.4 is 4.74 Å². The summed E-state index contributed by atoms with van der Waals surface area (Å²) in [6, 6.07) is 0. The Morgan fingerprint density at radius 1 is 1.16 bits per heavy atom. The lowest BCUT2D eigenvalue weighted by molar-refractivity contribution is 0.00644. The van der Waals surface area contributed by atoms with E-state index in [0.29, 0.717) is 36.1 Å². The first kappa shape index (κ1) is 23.4. The third kappa shape index (κ3) is 4.68. The van der Waals surface area contributed by atoms with Crippen LogP contribution in [0.3, 0.4) is 0 Å². The Bertz CT molecular complexity index is 922.